The number of carbonyl (C=O) groups is 1. The largest absolute Gasteiger partial charge is 0.390 e. The topological polar surface area (TPSA) is 148 Å². The molecule has 2 aromatic rings. The minimum absolute atomic E-state index is 0.00574. The van der Waals surface area contributed by atoms with E-state index in [1.165, 1.54) is 0 Å². The Labute approximate surface area is 196 Å². The Morgan fingerprint density at radius 1 is 1.18 bits per heavy atom. The van der Waals surface area contributed by atoms with Gasteiger partial charge in [0.1, 0.15) is 11.5 Å². The molecule has 1 aromatic heterocycles. The van der Waals surface area contributed by atoms with Crippen LogP contribution in [0.1, 0.15) is 44.4 Å². The fourth-order valence-electron chi connectivity index (χ4n) is 2.92. The molecule has 0 aliphatic carbocycles. The van der Waals surface area contributed by atoms with Crippen LogP contribution in [0, 0.1) is 16.7 Å². The van der Waals surface area contributed by atoms with E-state index in [-0.39, 0.29) is 30.2 Å². The SMILES string of the molecule is CN(N)C(=N)C(=N)c1ccccc1.COC(C)CC(C)CCC(=O)Nc1cccc(CO)n1. The van der Waals surface area contributed by atoms with Gasteiger partial charge in [-0.15, -0.1) is 0 Å². The van der Waals surface area contributed by atoms with E-state index in [0.29, 0.717) is 29.4 Å². The molecule has 9 heteroatoms. The van der Waals surface area contributed by atoms with Gasteiger partial charge in [0.2, 0.25) is 5.91 Å². The maximum absolute atomic E-state index is 11.8. The summed E-state index contributed by atoms with van der Waals surface area (Å²) in [5.41, 5.74) is 1.38. The molecule has 33 heavy (non-hydrogen) atoms. The van der Waals surface area contributed by atoms with Gasteiger partial charge in [-0.25, -0.2) is 10.8 Å². The number of likely N-dealkylation sites (N-methyl/N-ethyl adjacent to an activating group) is 1. The second-order valence-corrected chi connectivity index (χ2v) is 7.85. The molecule has 9 nitrogen and oxygen atoms in total. The number of amidine groups is 1. The number of rotatable bonds is 10. The number of aliphatic hydroxyl groups excluding tert-OH is 1. The average molecular weight is 457 g/mol. The van der Waals surface area contributed by atoms with E-state index in [2.05, 4.69) is 17.2 Å². The van der Waals surface area contributed by atoms with Gasteiger partial charge < -0.3 is 15.2 Å². The normalized spacial score (nSPS) is 12.1. The number of nitrogens with two attached hydrogens (primary N) is 1. The van der Waals surface area contributed by atoms with Gasteiger partial charge >= 0.3 is 0 Å². The first kappa shape index (κ1) is 27.9. The third-order valence-corrected chi connectivity index (χ3v) is 4.89. The number of anilines is 1. The highest BCUT2D eigenvalue weighted by molar-refractivity contribution is 6.44. The number of aliphatic hydroxyl groups is 1. The Bertz CT molecular complexity index is 889. The minimum Gasteiger partial charge on any atom is -0.390 e. The van der Waals surface area contributed by atoms with E-state index < -0.39 is 0 Å². The predicted molar refractivity (Wildman–Crippen MR) is 131 cm³/mol. The average Bonchev–Trinajstić information content (AvgIpc) is 2.82. The van der Waals surface area contributed by atoms with Gasteiger partial charge in [-0.1, -0.05) is 43.3 Å². The van der Waals surface area contributed by atoms with Gasteiger partial charge in [-0.3, -0.25) is 20.6 Å². The molecule has 1 aromatic carbocycles. The lowest BCUT2D eigenvalue weighted by atomic mass is 9.99. The molecule has 2 rings (SSSR count). The van der Waals surface area contributed by atoms with Crippen LogP contribution < -0.4 is 11.2 Å². The molecule has 0 saturated heterocycles. The number of nitrogens with one attached hydrogen (secondary N) is 3. The number of hydrogen-bond donors (Lipinski definition) is 5. The molecule has 0 radical (unpaired) electrons. The summed E-state index contributed by atoms with van der Waals surface area (Å²) in [6.45, 7) is 4.02. The molecule has 0 saturated carbocycles. The van der Waals surface area contributed by atoms with Crippen molar-refractivity contribution in [3.05, 3.63) is 59.8 Å². The van der Waals surface area contributed by atoms with Crippen LogP contribution in [0.4, 0.5) is 5.82 Å². The zero-order valence-electron chi connectivity index (χ0n) is 19.8. The molecular weight excluding hydrogens is 420 g/mol. The van der Waals surface area contributed by atoms with Crippen molar-refractivity contribution in [1.82, 2.24) is 9.99 Å². The number of aromatic nitrogens is 1. The minimum atomic E-state index is -0.129. The Morgan fingerprint density at radius 3 is 2.42 bits per heavy atom. The van der Waals surface area contributed by atoms with Gasteiger partial charge in [-0.2, -0.15) is 0 Å². The van der Waals surface area contributed by atoms with Crippen LogP contribution in [0.25, 0.3) is 0 Å². The maximum Gasteiger partial charge on any atom is 0.225 e. The summed E-state index contributed by atoms with van der Waals surface area (Å²) in [6, 6.07) is 14.3. The van der Waals surface area contributed by atoms with Crippen molar-refractivity contribution in [2.75, 3.05) is 19.5 Å². The zero-order valence-corrected chi connectivity index (χ0v) is 19.8. The van der Waals surface area contributed by atoms with E-state index in [4.69, 9.17) is 26.5 Å². The van der Waals surface area contributed by atoms with Gasteiger partial charge in [0, 0.05) is 26.1 Å². The van der Waals surface area contributed by atoms with E-state index in [1.807, 2.05) is 25.1 Å². The number of hydrazine groups is 1. The number of ether oxygens (including phenoxy) is 1. The van der Waals surface area contributed by atoms with Crippen LogP contribution >= 0.6 is 0 Å². The summed E-state index contributed by atoms with van der Waals surface area (Å²) < 4.78 is 5.21. The van der Waals surface area contributed by atoms with Crippen molar-refractivity contribution in [2.45, 2.75) is 45.8 Å². The fourth-order valence-corrected chi connectivity index (χ4v) is 2.92. The highest BCUT2D eigenvalue weighted by atomic mass is 16.5. The highest BCUT2D eigenvalue weighted by Gasteiger charge is 2.11. The first-order chi connectivity index (χ1) is 15.7. The first-order valence-corrected chi connectivity index (χ1v) is 10.8. The van der Waals surface area contributed by atoms with Gasteiger partial charge in [-0.05, 0) is 37.8 Å². The van der Waals surface area contributed by atoms with Crippen LogP contribution in [-0.4, -0.2) is 52.8 Å². The molecule has 0 spiro atoms. The highest BCUT2D eigenvalue weighted by Crippen LogP contribution is 2.15. The molecule has 0 aliphatic heterocycles. The molecule has 1 heterocycles. The molecule has 6 N–H and O–H groups in total. The first-order valence-electron chi connectivity index (χ1n) is 10.8. The number of nitrogens with zero attached hydrogens (tertiary/aromatic N) is 2. The molecule has 180 valence electrons. The molecule has 2 unspecified atom stereocenters. The van der Waals surface area contributed by atoms with Gasteiger partial charge in [0.05, 0.1) is 18.4 Å². The van der Waals surface area contributed by atoms with Crippen LogP contribution in [0.5, 0.6) is 0 Å². The molecule has 0 bridgehead atoms. The summed E-state index contributed by atoms with van der Waals surface area (Å²) in [5.74, 6) is 6.22. The Morgan fingerprint density at radius 2 is 1.85 bits per heavy atom. The molecule has 0 aliphatic rings. The van der Waals surface area contributed by atoms with Crippen LogP contribution in [0.3, 0.4) is 0 Å². The van der Waals surface area contributed by atoms with E-state index >= 15 is 0 Å². The fraction of sp³-hybridized carbons (Fsp3) is 0.417. The third kappa shape index (κ3) is 10.8. The summed E-state index contributed by atoms with van der Waals surface area (Å²) in [4.78, 5) is 15.9. The van der Waals surface area contributed by atoms with Crippen LogP contribution in [-0.2, 0) is 16.1 Å². The number of amides is 1. The van der Waals surface area contributed by atoms with Crippen molar-refractivity contribution < 1.29 is 14.6 Å². The van der Waals surface area contributed by atoms with E-state index in [1.54, 1.807) is 44.5 Å². The van der Waals surface area contributed by atoms with Gasteiger partial charge in [0.15, 0.2) is 5.84 Å². The maximum atomic E-state index is 11.8. The smallest absolute Gasteiger partial charge is 0.225 e. The molecule has 2 atom stereocenters. The summed E-state index contributed by atoms with van der Waals surface area (Å²) in [5, 5.41) is 27.9. The van der Waals surface area contributed by atoms with Gasteiger partial charge in [0.25, 0.3) is 0 Å². The quantitative estimate of drug-likeness (QED) is 0.160. The zero-order chi connectivity index (χ0) is 24.8. The number of carbonyl (C=O) groups excluding carboxylic acids is 1. The lowest BCUT2D eigenvalue weighted by molar-refractivity contribution is -0.116. The predicted octanol–water partition coefficient (Wildman–Crippen LogP) is 3.19. The van der Waals surface area contributed by atoms with Crippen molar-refractivity contribution in [3.8, 4) is 0 Å². The summed E-state index contributed by atoms with van der Waals surface area (Å²) in [6.07, 6.45) is 2.44. The number of methoxy groups -OCH3 is 1. The number of benzene rings is 1. The van der Waals surface area contributed by atoms with Crippen molar-refractivity contribution in [2.24, 2.45) is 11.8 Å². The van der Waals surface area contributed by atoms with Crippen LogP contribution in [0.2, 0.25) is 0 Å². The lowest BCUT2D eigenvalue weighted by Crippen LogP contribution is -2.37. The van der Waals surface area contributed by atoms with Crippen molar-refractivity contribution >= 4 is 23.3 Å². The molecule has 1 amide bonds. The monoisotopic (exact) mass is 456 g/mol. The summed E-state index contributed by atoms with van der Waals surface area (Å²) in [7, 11) is 3.24. The standard InChI is InChI=1S/C15H24N2O3.C9H12N4/c1-11(9-12(2)20-3)7-8-15(19)17-14-6-4-5-13(10-18)16-14;1-13(12)9(11)8(10)7-5-3-2-4-6-7/h4-6,11-12,18H,7-10H2,1-3H3,(H,16,17,19);2-6,10-11H,12H2,1H3. The lowest BCUT2D eigenvalue weighted by Gasteiger charge is -2.15. The molecular formula is C24H36N6O3. The summed E-state index contributed by atoms with van der Waals surface area (Å²) >= 11 is 0. The molecule has 0 fully saturated rings. The number of pyridine rings is 1. The van der Waals surface area contributed by atoms with Crippen LogP contribution in [0.15, 0.2) is 48.5 Å². The van der Waals surface area contributed by atoms with E-state index in [9.17, 15) is 4.79 Å². The number of hydrogen-bond acceptors (Lipinski definition) is 7. The third-order valence-electron chi connectivity index (χ3n) is 4.89. The second-order valence-electron chi connectivity index (χ2n) is 7.85. The van der Waals surface area contributed by atoms with E-state index in [0.717, 1.165) is 17.9 Å². The van der Waals surface area contributed by atoms with Crippen molar-refractivity contribution in [3.63, 3.8) is 0 Å². The second kappa shape index (κ2) is 14.8. The Kier molecular flexibility index (Phi) is 12.5. The Hall–Kier alpha value is -3.14. The Balaban J connectivity index is 0.000000361. The van der Waals surface area contributed by atoms with Crippen molar-refractivity contribution in [1.29, 1.82) is 10.8 Å².